The predicted octanol–water partition coefficient (Wildman–Crippen LogP) is 2.96. The normalized spacial score (nSPS) is 34.3. The summed E-state index contributed by atoms with van der Waals surface area (Å²) < 4.78 is 36.2. The molecular weight excluding hydrogens is 243 g/mol. The van der Waals surface area contributed by atoms with E-state index < -0.39 is 18.2 Å². The Labute approximate surface area is 106 Å². The standard InChI is InChI=1S/C13H22F3NO/c14-13(15,16)6-3-8-17-9-7-12(18)5-2-1-4-11(12)10-17/h11,18H,1-10H2. The van der Waals surface area contributed by atoms with E-state index in [9.17, 15) is 18.3 Å². The monoisotopic (exact) mass is 265 g/mol. The van der Waals surface area contributed by atoms with Gasteiger partial charge in [0, 0.05) is 25.4 Å². The number of hydrogen-bond acceptors (Lipinski definition) is 2. The van der Waals surface area contributed by atoms with E-state index in [0.717, 1.165) is 45.2 Å². The molecule has 1 aliphatic heterocycles. The average Bonchev–Trinajstić information content (AvgIpc) is 2.27. The van der Waals surface area contributed by atoms with E-state index in [-0.39, 0.29) is 12.3 Å². The Bertz CT molecular complexity index is 282. The summed E-state index contributed by atoms with van der Waals surface area (Å²) in [5, 5.41) is 10.5. The highest BCUT2D eigenvalue weighted by atomic mass is 19.4. The average molecular weight is 265 g/mol. The second kappa shape index (κ2) is 5.37. The molecule has 2 rings (SSSR count). The third kappa shape index (κ3) is 3.60. The van der Waals surface area contributed by atoms with Gasteiger partial charge in [0.15, 0.2) is 0 Å². The van der Waals surface area contributed by atoms with Gasteiger partial charge in [-0.1, -0.05) is 12.8 Å². The number of aliphatic hydroxyl groups is 1. The van der Waals surface area contributed by atoms with Crippen molar-refractivity contribution in [2.75, 3.05) is 19.6 Å². The summed E-state index contributed by atoms with van der Waals surface area (Å²) in [7, 11) is 0. The minimum Gasteiger partial charge on any atom is -0.390 e. The van der Waals surface area contributed by atoms with Crippen LogP contribution < -0.4 is 0 Å². The number of rotatable bonds is 3. The SMILES string of the molecule is OC12CCCCC1CN(CCCC(F)(F)F)CC2. The smallest absolute Gasteiger partial charge is 0.389 e. The number of likely N-dealkylation sites (tertiary alicyclic amines) is 1. The number of piperidine rings is 1. The first-order chi connectivity index (χ1) is 8.39. The molecule has 2 nitrogen and oxygen atoms in total. The summed E-state index contributed by atoms with van der Waals surface area (Å²) >= 11 is 0. The Morgan fingerprint density at radius 2 is 2.00 bits per heavy atom. The molecule has 0 amide bonds. The fraction of sp³-hybridized carbons (Fsp3) is 1.00. The van der Waals surface area contributed by atoms with Gasteiger partial charge >= 0.3 is 6.18 Å². The molecular formula is C13H22F3NO. The fourth-order valence-corrected chi connectivity index (χ4v) is 3.35. The van der Waals surface area contributed by atoms with Crippen molar-refractivity contribution < 1.29 is 18.3 Å². The Hall–Kier alpha value is -0.290. The van der Waals surface area contributed by atoms with Crippen LogP contribution in [0, 0.1) is 5.92 Å². The summed E-state index contributed by atoms with van der Waals surface area (Å²) in [6.07, 6.45) is 0.281. The summed E-state index contributed by atoms with van der Waals surface area (Å²) in [4.78, 5) is 2.09. The summed E-state index contributed by atoms with van der Waals surface area (Å²) in [5.74, 6) is 0.269. The van der Waals surface area contributed by atoms with Crippen molar-refractivity contribution in [3.8, 4) is 0 Å². The molecule has 0 bridgehead atoms. The number of alkyl halides is 3. The maximum atomic E-state index is 12.1. The molecule has 106 valence electrons. The highest BCUT2D eigenvalue weighted by molar-refractivity contribution is 4.95. The van der Waals surface area contributed by atoms with Crippen LogP contribution in [0.3, 0.4) is 0 Å². The van der Waals surface area contributed by atoms with E-state index in [1.165, 1.54) is 0 Å². The number of hydrogen-bond donors (Lipinski definition) is 1. The van der Waals surface area contributed by atoms with Crippen molar-refractivity contribution in [1.29, 1.82) is 0 Å². The molecule has 1 saturated heterocycles. The quantitative estimate of drug-likeness (QED) is 0.848. The van der Waals surface area contributed by atoms with Gasteiger partial charge in [-0.3, -0.25) is 0 Å². The Balaban J connectivity index is 1.76. The van der Waals surface area contributed by atoms with E-state index in [2.05, 4.69) is 4.90 Å². The summed E-state index contributed by atoms with van der Waals surface area (Å²) in [6, 6.07) is 0. The molecule has 0 spiro atoms. The first-order valence-electron chi connectivity index (χ1n) is 6.91. The van der Waals surface area contributed by atoms with Gasteiger partial charge < -0.3 is 10.0 Å². The van der Waals surface area contributed by atoms with Crippen molar-refractivity contribution >= 4 is 0 Å². The van der Waals surface area contributed by atoms with E-state index >= 15 is 0 Å². The molecule has 5 heteroatoms. The first-order valence-corrected chi connectivity index (χ1v) is 6.91. The first kappa shape index (κ1) is 14.1. The van der Waals surface area contributed by atoms with Gasteiger partial charge in [-0.2, -0.15) is 13.2 Å². The zero-order valence-corrected chi connectivity index (χ0v) is 10.7. The number of nitrogens with zero attached hydrogens (tertiary/aromatic N) is 1. The van der Waals surface area contributed by atoms with Gasteiger partial charge in [0.1, 0.15) is 0 Å². The van der Waals surface area contributed by atoms with Crippen LogP contribution in [-0.2, 0) is 0 Å². The lowest BCUT2D eigenvalue weighted by Gasteiger charge is -2.47. The van der Waals surface area contributed by atoms with Crippen molar-refractivity contribution in [2.24, 2.45) is 5.92 Å². The van der Waals surface area contributed by atoms with Gasteiger partial charge in [0.05, 0.1) is 5.60 Å². The molecule has 1 saturated carbocycles. The lowest BCUT2D eigenvalue weighted by Crippen LogP contribution is -2.53. The largest absolute Gasteiger partial charge is 0.390 e. The van der Waals surface area contributed by atoms with Gasteiger partial charge in [-0.25, -0.2) is 0 Å². The molecule has 1 aliphatic carbocycles. The Morgan fingerprint density at radius 1 is 1.22 bits per heavy atom. The van der Waals surface area contributed by atoms with E-state index in [0.29, 0.717) is 6.54 Å². The van der Waals surface area contributed by atoms with Crippen molar-refractivity contribution in [3.05, 3.63) is 0 Å². The molecule has 2 fully saturated rings. The molecule has 0 aromatic carbocycles. The summed E-state index contributed by atoms with van der Waals surface area (Å²) in [5.41, 5.74) is -0.529. The zero-order chi connectivity index (χ0) is 13.2. The molecule has 1 N–H and O–H groups in total. The molecule has 1 heterocycles. The third-order valence-electron chi connectivity index (χ3n) is 4.45. The van der Waals surface area contributed by atoms with Gasteiger partial charge in [-0.15, -0.1) is 0 Å². The van der Waals surface area contributed by atoms with Crippen LogP contribution in [0.15, 0.2) is 0 Å². The van der Waals surface area contributed by atoms with Crippen LogP contribution in [0.1, 0.15) is 44.9 Å². The summed E-state index contributed by atoms with van der Waals surface area (Å²) in [6.45, 7) is 2.02. The minimum atomic E-state index is -4.04. The molecule has 2 unspecified atom stereocenters. The van der Waals surface area contributed by atoms with Crippen molar-refractivity contribution in [3.63, 3.8) is 0 Å². The zero-order valence-electron chi connectivity index (χ0n) is 10.7. The van der Waals surface area contributed by atoms with Gasteiger partial charge in [-0.05, 0) is 32.2 Å². The van der Waals surface area contributed by atoms with E-state index in [1.54, 1.807) is 0 Å². The molecule has 2 aliphatic rings. The second-order valence-corrected chi connectivity index (χ2v) is 5.82. The van der Waals surface area contributed by atoms with Gasteiger partial charge in [0.25, 0.3) is 0 Å². The maximum absolute atomic E-state index is 12.1. The highest BCUT2D eigenvalue weighted by Crippen LogP contribution is 2.39. The Kier molecular flexibility index (Phi) is 4.22. The third-order valence-corrected chi connectivity index (χ3v) is 4.45. The Morgan fingerprint density at radius 3 is 2.72 bits per heavy atom. The lowest BCUT2D eigenvalue weighted by molar-refractivity contribution is -0.138. The fourth-order valence-electron chi connectivity index (χ4n) is 3.35. The van der Waals surface area contributed by atoms with Crippen molar-refractivity contribution in [2.45, 2.75) is 56.7 Å². The lowest BCUT2D eigenvalue weighted by atomic mass is 9.71. The molecule has 0 radical (unpaired) electrons. The maximum Gasteiger partial charge on any atom is 0.389 e. The van der Waals surface area contributed by atoms with Crippen molar-refractivity contribution in [1.82, 2.24) is 4.90 Å². The molecule has 0 aromatic rings. The molecule has 18 heavy (non-hydrogen) atoms. The van der Waals surface area contributed by atoms with Crippen LogP contribution in [0.5, 0.6) is 0 Å². The van der Waals surface area contributed by atoms with Crippen LogP contribution in [0.2, 0.25) is 0 Å². The number of halogens is 3. The second-order valence-electron chi connectivity index (χ2n) is 5.82. The number of fused-ring (bicyclic) bond motifs is 1. The van der Waals surface area contributed by atoms with E-state index in [4.69, 9.17) is 0 Å². The predicted molar refractivity (Wildman–Crippen MR) is 63.3 cm³/mol. The van der Waals surface area contributed by atoms with Gasteiger partial charge in [0.2, 0.25) is 0 Å². The van der Waals surface area contributed by atoms with Crippen LogP contribution in [-0.4, -0.2) is 41.4 Å². The highest BCUT2D eigenvalue weighted by Gasteiger charge is 2.42. The van der Waals surface area contributed by atoms with E-state index in [1.807, 2.05) is 0 Å². The topological polar surface area (TPSA) is 23.5 Å². The van der Waals surface area contributed by atoms with Crippen LogP contribution in [0.25, 0.3) is 0 Å². The molecule has 2 atom stereocenters. The molecule has 0 aromatic heterocycles. The van der Waals surface area contributed by atoms with Crippen LogP contribution >= 0.6 is 0 Å². The van der Waals surface area contributed by atoms with Crippen LogP contribution in [0.4, 0.5) is 13.2 Å². The minimum absolute atomic E-state index is 0.175.